The number of methoxy groups -OCH3 is 2. The molecule has 8 nitrogen and oxygen atoms in total. The molecule has 8 heteroatoms. The maximum absolute atomic E-state index is 12.4. The molecule has 0 aliphatic rings. The molecule has 0 fully saturated rings. The van der Waals surface area contributed by atoms with Crippen molar-refractivity contribution in [2.24, 2.45) is 0 Å². The minimum Gasteiger partial charge on any atom is -0.495 e. The van der Waals surface area contributed by atoms with E-state index in [4.69, 9.17) is 4.74 Å². The van der Waals surface area contributed by atoms with Crippen LogP contribution in [0.1, 0.15) is 20.8 Å². The number of para-hydroxylation sites is 2. The molecule has 28 heavy (non-hydrogen) atoms. The van der Waals surface area contributed by atoms with Crippen molar-refractivity contribution in [2.45, 2.75) is 0 Å². The molecule has 0 saturated heterocycles. The van der Waals surface area contributed by atoms with Crippen molar-refractivity contribution in [2.75, 3.05) is 24.9 Å². The molecule has 2 aromatic carbocycles. The molecule has 142 valence electrons. The molecule has 0 atom stereocenters. The van der Waals surface area contributed by atoms with Gasteiger partial charge in [0.1, 0.15) is 5.75 Å². The van der Waals surface area contributed by atoms with Crippen LogP contribution >= 0.6 is 0 Å². The topological polar surface area (TPSA) is 102 Å². The molecule has 3 aromatic rings. The Bertz CT molecular complexity index is 990. The fraction of sp³-hybridized carbons (Fsp3) is 0.100. The standard InChI is InChI=1S/C20H18N4O4/c1-27-17-9-4-3-8-15(17)22-18-11-10-16(23-24-18)19(25)21-14-7-5-6-13(12-14)20(26)28-2/h3-12H,1-2H3,(H,21,25)(H,22,24). The summed E-state index contributed by atoms with van der Waals surface area (Å²) in [6, 6.07) is 17.0. The van der Waals surface area contributed by atoms with Gasteiger partial charge in [-0.1, -0.05) is 18.2 Å². The van der Waals surface area contributed by atoms with E-state index in [2.05, 4.69) is 25.6 Å². The minimum atomic E-state index is -0.484. The van der Waals surface area contributed by atoms with Crippen LogP contribution in [0.4, 0.5) is 17.2 Å². The summed E-state index contributed by atoms with van der Waals surface area (Å²) in [6.45, 7) is 0. The van der Waals surface area contributed by atoms with Gasteiger partial charge in [-0.15, -0.1) is 10.2 Å². The van der Waals surface area contributed by atoms with Gasteiger partial charge in [0.25, 0.3) is 5.91 Å². The van der Waals surface area contributed by atoms with Crippen molar-refractivity contribution in [3.8, 4) is 5.75 Å². The van der Waals surface area contributed by atoms with Gasteiger partial charge in [0.15, 0.2) is 11.5 Å². The lowest BCUT2D eigenvalue weighted by Gasteiger charge is -2.10. The number of hydrogen-bond acceptors (Lipinski definition) is 7. The summed E-state index contributed by atoms with van der Waals surface area (Å²) in [5.41, 5.74) is 1.65. The molecular weight excluding hydrogens is 360 g/mol. The minimum absolute atomic E-state index is 0.133. The zero-order chi connectivity index (χ0) is 19.9. The lowest BCUT2D eigenvalue weighted by atomic mass is 10.2. The predicted octanol–water partition coefficient (Wildman–Crippen LogP) is 3.27. The number of carbonyl (C=O) groups is 2. The van der Waals surface area contributed by atoms with Gasteiger partial charge in [-0.05, 0) is 42.5 Å². The Morgan fingerprint density at radius 2 is 1.75 bits per heavy atom. The summed E-state index contributed by atoms with van der Waals surface area (Å²) in [7, 11) is 2.87. The number of nitrogens with zero attached hydrogens (tertiary/aromatic N) is 2. The van der Waals surface area contributed by atoms with E-state index in [0.717, 1.165) is 5.69 Å². The number of aromatic nitrogens is 2. The van der Waals surface area contributed by atoms with Gasteiger partial charge in [0.2, 0.25) is 0 Å². The van der Waals surface area contributed by atoms with Gasteiger partial charge in [0, 0.05) is 5.69 Å². The first-order valence-corrected chi connectivity index (χ1v) is 8.34. The molecule has 2 N–H and O–H groups in total. The van der Waals surface area contributed by atoms with E-state index in [1.165, 1.54) is 13.2 Å². The van der Waals surface area contributed by atoms with E-state index in [1.807, 2.05) is 24.3 Å². The fourth-order valence-electron chi connectivity index (χ4n) is 2.44. The summed E-state index contributed by atoms with van der Waals surface area (Å²) >= 11 is 0. The molecule has 0 spiro atoms. The third-order valence-electron chi connectivity index (χ3n) is 3.81. The molecule has 0 radical (unpaired) electrons. The number of rotatable bonds is 6. The quantitative estimate of drug-likeness (QED) is 0.635. The first-order valence-electron chi connectivity index (χ1n) is 8.34. The molecule has 0 aliphatic heterocycles. The highest BCUT2D eigenvalue weighted by Crippen LogP contribution is 2.25. The Hall–Kier alpha value is -3.94. The Labute approximate surface area is 161 Å². The SMILES string of the molecule is COC(=O)c1cccc(NC(=O)c2ccc(Nc3ccccc3OC)nn2)c1. The number of carbonyl (C=O) groups excluding carboxylic acids is 2. The average molecular weight is 378 g/mol. The second-order valence-corrected chi connectivity index (χ2v) is 5.66. The van der Waals surface area contributed by atoms with E-state index < -0.39 is 11.9 Å². The second kappa shape index (κ2) is 8.63. The molecule has 0 saturated carbocycles. The van der Waals surface area contributed by atoms with Gasteiger partial charge in [-0.2, -0.15) is 0 Å². The Morgan fingerprint density at radius 1 is 0.929 bits per heavy atom. The van der Waals surface area contributed by atoms with Crippen LogP contribution in [0.3, 0.4) is 0 Å². The first kappa shape index (κ1) is 18.8. The average Bonchev–Trinajstić information content (AvgIpc) is 2.74. The zero-order valence-electron chi connectivity index (χ0n) is 15.3. The van der Waals surface area contributed by atoms with Crippen molar-refractivity contribution >= 4 is 29.1 Å². The summed E-state index contributed by atoms with van der Waals surface area (Å²) in [6.07, 6.45) is 0. The lowest BCUT2D eigenvalue weighted by molar-refractivity contribution is 0.0600. The Kier molecular flexibility index (Phi) is 5.81. The number of ether oxygens (including phenoxy) is 2. The highest BCUT2D eigenvalue weighted by molar-refractivity contribution is 6.03. The second-order valence-electron chi connectivity index (χ2n) is 5.66. The van der Waals surface area contributed by atoms with E-state index in [9.17, 15) is 9.59 Å². The fourth-order valence-corrected chi connectivity index (χ4v) is 2.44. The zero-order valence-corrected chi connectivity index (χ0v) is 15.3. The molecule has 0 aliphatic carbocycles. The van der Waals surface area contributed by atoms with Crippen molar-refractivity contribution in [3.05, 3.63) is 71.9 Å². The lowest BCUT2D eigenvalue weighted by Crippen LogP contribution is -2.15. The summed E-state index contributed by atoms with van der Waals surface area (Å²) in [5.74, 6) is 0.200. The number of nitrogens with one attached hydrogen (secondary N) is 2. The van der Waals surface area contributed by atoms with Crippen molar-refractivity contribution < 1.29 is 19.1 Å². The molecule has 0 unspecified atom stereocenters. The molecule has 1 amide bonds. The Morgan fingerprint density at radius 3 is 2.46 bits per heavy atom. The van der Waals surface area contributed by atoms with Gasteiger partial charge < -0.3 is 20.1 Å². The molecule has 1 aromatic heterocycles. The van der Waals surface area contributed by atoms with Crippen LogP contribution < -0.4 is 15.4 Å². The first-order chi connectivity index (χ1) is 13.6. The van der Waals surface area contributed by atoms with Gasteiger partial charge >= 0.3 is 5.97 Å². The number of amides is 1. The van der Waals surface area contributed by atoms with Crippen LogP contribution in [0.2, 0.25) is 0 Å². The largest absolute Gasteiger partial charge is 0.495 e. The van der Waals surface area contributed by atoms with Gasteiger partial charge in [0.05, 0.1) is 25.5 Å². The van der Waals surface area contributed by atoms with Gasteiger partial charge in [-0.25, -0.2) is 4.79 Å². The number of esters is 1. The number of hydrogen-bond donors (Lipinski definition) is 2. The molecule has 1 heterocycles. The third-order valence-corrected chi connectivity index (χ3v) is 3.81. The summed E-state index contributed by atoms with van der Waals surface area (Å²) < 4.78 is 9.94. The maximum Gasteiger partial charge on any atom is 0.337 e. The van der Waals surface area contributed by atoms with E-state index in [1.54, 1.807) is 37.4 Å². The number of benzene rings is 2. The van der Waals surface area contributed by atoms with Crippen LogP contribution in [-0.4, -0.2) is 36.3 Å². The van der Waals surface area contributed by atoms with Crippen molar-refractivity contribution in [3.63, 3.8) is 0 Å². The van der Waals surface area contributed by atoms with Crippen LogP contribution in [0.15, 0.2) is 60.7 Å². The monoisotopic (exact) mass is 378 g/mol. The molecular formula is C20H18N4O4. The van der Waals surface area contributed by atoms with Crippen LogP contribution in [-0.2, 0) is 4.74 Å². The summed E-state index contributed by atoms with van der Waals surface area (Å²) in [4.78, 5) is 23.9. The van der Waals surface area contributed by atoms with E-state index in [0.29, 0.717) is 22.8 Å². The molecule has 0 bridgehead atoms. The molecule has 3 rings (SSSR count). The van der Waals surface area contributed by atoms with E-state index >= 15 is 0 Å². The van der Waals surface area contributed by atoms with Crippen LogP contribution in [0, 0.1) is 0 Å². The Balaban J connectivity index is 1.69. The van der Waals surface area contributed by atoms with Crippen LogP contribution in [0.25, 0.3) is 0 Å². The number of anilines is 3. The summed E-state index contributed by atoms with van der Waals surface area (Å²) in [5, 5.41) is 13.7. The maximum atomic E-state index is 12.4. The van der Waals surface area contributed by atoms with Crippen molar-refractivity contribution in [1.82, 2.24) is 10.2 Å². The van der Waals surface area contributed by atoms with Crippen LogP contribution in [0.5, 0.6) is 5.75 Å². The third kappa shape index (κ3) is 4.42. The van der Waals surface area contributed by atoms with E-state index in [-0.39, 0.29) is 5.69 Å². The van der Waals surface area contributed by atoms with Gasteiger partial charge in [-0.3, -0.25) is 4.79 Å². The smallest absolute Gasteiger partial charge is 0.337 e. The normalized spacial score (nSPS) is 10.1. The predicted molar refractivity (Wildman–Crippen MR) is 104 cm³/mol. The van der Waals surface area contributed by atoms with Crippen molar-refractivity contribution in [1.29, 1.82) is 0 Å². The highest BCUT2D eigenvalue weighted by Gasteiger charge is 2.11. The highest BCUT2D eigenvalue weighted by atomic mass is 16.5.